The van der Waals surface area contributed by atoms with Crippen LogP contribution in [0.5, 0.6) is 0 Å². The van der Waals surface area contributed by atoms with Gasteiger partial charge in [0.25, 0.3) is 0 Å². The number of benzene rings is 1. The average Bonchev–Trinajstić information content (AvgIpc) is 2.14. The van der Waals surface area contributed by atoms with Crippen LogP contribution in [0.2, 0.25) is 0 Å². The number of nitrogens with two attached hydrogens (primary N) is 1. The fourth-order valence-corrected chi connectivity index (χ4v) is 1.66. The molecule has 0 spiro atoms. The minimum atomic E-state index is -3.08. The van der Waals surface area contributed by atoms with Gasteiger partial charge in [0.05, 0.1) is 4.75 Å². The summed E-state index contributed by atoms with van der Waals surface area (Å²) in [4.78, 5) is 0. The molecule has 5 heteroatoms. The van der Waals surface area contributed by atoms with Crippen molar-refractivity contribution in [2.24, 2.45) is 0 Å². The predicted molar refractivity (Wildman–Crippen MR) is 73.0 cm³/mol. The molecule has 3 N–H and O–H groups in total. The third-order valence-corrected chi connectivity index (χ3v) is 5.11. The van der Waals surface area contributed by atoms with Crippen LogP contribution in [0.1, 0.15) is 19.4 Å². The second-order valence-electron chi connectivity index (χ2n) is 4.96. The van der Waals surface area contributed by atoms with E-state index in [2.05, 4.69) is 5.32 Å². The van der Waals surface area contributed by atoms with E-state index in [1.807, 2.05) is 19.1 Å². The van der Waals surface area contributed by atoms with Gasteiger partial charge in [-0.2, -0.15) is 0 Å². The van der Waals surface area contributed by atoms with E-state index in [0.29, 0.717) is 12.2 Å². The third kappa shape index (κ3) is 3.36. The van der Waals surface area contributed by atoms with Crippen molar-refractivity contribution in [1.29, 1.82) is 0 Å². The first-order chi connectivity index (χ1) is 7.63. The molecule has 0 unspecified atom stereocenters. The molecule has 0 aliphatic heterocycles. The first-order valence-corrected chi connectivity index (χ1v) is 7.32. The Bertz CT molecular complexity index is 507. The molecule has 0 saturated heterocycles. The summed E-state index contributed by atoms with van der Waals surface area (Å²) >= 11 is 0. The highest BCUT2D eigenvalue weighted by molar-refractivity contribution is 7.92. The van der Waals surface area contributed by atoms with Crippen LogP contribution in [0, 0.1) is 6.92 Å². The molecule has 0 amide bonds. The quantitative estimate of drug-likeness (QED) is 0.806. The minimum Gasteiger partial charge on any atom is -0.399 e. The van der Waals surface area contributed by atoms with Gasteiger partial charge < -0.3 is 11.1 Å². The summed E-state index contributed by atoms with van der Waals surface area (Å²) in [6, 6.07) is 5.52. The number of hydrogen-bond acceptors (Lipinski definition) is 4. The molecule has 0 fully saturated rings. The molecule has 0 bridgehead atoms. The van der Waals surface area contributed by atoms with Crippen molar-refractivity contribution in [2.45, 2.75) is 25.5 Å². The van der Waals surface area contributed by atoms with Gasteiger partial charge in [-0.05, 0) is 44.5 Å². The topological polar surface area (TPSA) is 72.2 Å². The molecule has 17 heavy (non-hydrogen) atoms. The zero-order valence-corrected chi connectivity index (χ0v) is 11.6. The molecule has 96 valence electrons. The number of rotatable bonds is 4. The monoisotopic (exact) mass is 256 g/mol. The molecule has 4 nitrogen and oxygen atoms in total. The van der Waals surface area contributed by atoms with Crippen molar-refractivity contribution in [2.75, 3.05) is 23.9 Å². The molecular formula is C12H20N2O2S. The number of nitrogens with one attached hydrogen (secondary N) is 1. The Balaban J connectivity index is 2.81. The summed E-state index contributed by atoms with van der Waals surface area (Å²) in [6.07, 6.45) is 1.25. The van der Waals surface area contributed by atoms with Crippen LogP contribution in [-0.2, 0) is 9.84 Å². The van der Waals surface area contributed by atoms with Crippen molar-refractivity contribution in [3.05, 3.63) is 23.8 Å². The molecule has 0 radical (unpaired) electrons. The van der Waals surface area contributed by atoms with Gasteiger partial charge in [-0.25, -0.2) is 8.42 Å². The molecule has 0 aromatic heterocycles. The van der Waals surface area contributed by atoms with Gasteiger partial charge in [0.1, 0.15) is 0 Å². The molecule has 0 heterocycles. The van der Waals surface area contributed by atoms with Gasteiger partial charge in [0, 0.05) is 24.2 Å². The van der Waals surface area contributed by atoms with Gasteiger partial charge in [0.15, 0.2) is 9.84 Å². The zero-order chi connectivity index (χ0) is 13.3. The van der Waals surface area contributed by atoms with Crippen molar-refractivity contribution in [3.8, 4) is 0 Å². The van der Waals surface area contributed by atoms with E-state index in [-0.39, 0.29) is 0 Å². The predicted octanol–water partition coefficient (Wildman–Crippen LogP) is 1.81. The fourth-order valence-electron chi connectivity index (χ4n) is 1.32. The Hall–Kier alpha value is -1.23. The van der Waals surface area contributed by atoms with Crippen LogP contribution in [-0.4, -0.2) is 26.0 Å². The Labute approximate surface area is 103 Å². The maximum Gasteiger partial charge on any atom is 0.154 e. The molecule has 0 aliphatic rings. The highest BCUT2D eigenvalue weighted by atomic mass is 32.2. The largest absolute Gasteiger partial charge is 0.399 e. The van der Waals surface area contributed by atoms with E-state index in [0.717, 1.165) is 11.3 Å². The number of nitrogen functional groups attached to an aromatic ring is 1. The van der Waals surface area contributed by atoms with Gasteiger partial charge in [-0.15, -0.1) is 0 Å². The number of sulfone groups is 1. The second kappa shape index (κ2) is 4.56. The smallest absolute Gasteiger partial charge is 0.154 e. The SMILES string of the molecule is Cc1cc(N)ccc1NCC(C)(C)S(C)(=O)=O. The molecular weight excluding hydrogens is 236 g/mol. The van der Waals surface area contributed by atoms with Gasteiger partial charge in [0.2, 0.25) is 0 Å². The first kappa shape index (κ1) is 13.8. The lowest BCUT2D eigenvalue weighted by Crippen LogP contribution is -2.38. The Morgan fingerprint density at radius 3 is 2.41 bits per heavy atom. The Kier molecular flexibility index (Phi) is 3.71. The van der Waals surface area contributed by atoms with E-state index >= 15 is 0 Å². The van der Waals surface area contributed by atoms with Gasteiger partial charge >= 0.3 is 0 Å². The van der Waals surface area contributed by atoms with Crippen molar-refractivity contribution < 1.29 is 8.42 Å². The molecule has 1 rings (SSSR count). The van der Waals surface area contributed by atoms with Gasteiger partial charge in [-0.3, -0.25) is 0 Å². The Morgan fingerprint density at radius 2 is 1.94 bits per heavy atom. The molecule has 1 aromatic rings. The van der Waals surface area contributed by atoms with Crippen LogP contribution >= 0.6 is 0 Å². The summed E-state index contributed by atoms with van der Waals surface area (Å²) in [6.45, 7) is 5.73. The van der Waals surface area contributed by atoms with Gasteiger partial charge in [-0.1, -0.05) is 0 Å². The molecule has 0 aliphatic carbocycles. The third-order valence-electron chi connectivity index (χ3n) is 2.96. The Morgan fingerprint density at radius 1 is 1.35 bits per heavy atom. The van der Waals surface area contributed by atoms with Crippen LogP contribution in [0.3, 0.4) is 0 Å². The first-order valence-electron chi connectivity index (χ1n) is 5.43. The fraction of sp³-hybridized carbons (Fsp3) is 0.500. The van der Waals surface area contributed by atoms with Crippen LogP contribution in [0.4, 0.5) is 11.4 Å². The van der Waals surface area contributed by atoms with E-state index in [1.54, 1.807) is 19.9 Å². The molecule has 1 aromatic carbocycles. The van der Waals surface area contributed by atoms with E-state index in [9.17, 15) is 8.42 Å². The second-order valence-corrected chi connectivity index (χ2v) is 7.61. The summed E-state index contributed by atoms with van der Waals surface area (Å²) in [5, 5.41) is 3.15. The summed E-state index contributed by atoms with van der Waals surface area (Å²) in [7, 11) is -3.08. The number of hydrogen-bond donors (Lipinski definition) is 2. The highest BCUT2D eigenvalue weighted by Crippen LogP contribution is 2.21. The lowest BCUT2D eigenvalue weighted by atomic mass is 10.1. The minimum absolute atomic E-state index is 0.372. The highest BCUT2D eigenvalue weighted by Gasteiger charge is 2.29. The number of anilines is 2. The van der Waals surface area contributed by atoms with E-state index in [4.69, 9.17) is 5.73 Å². The lowest BCUT2D eigenvalue weighted by molar-refractivity contribution is 0.560. The standard InChI is InChI=1S/C12H20N2O2S/c1-9-7-10(13)5-6-11(9)14-8-12(2,3)17(4,15)16/h5-7,14H,8,13H2,1-4H3. The lowest BCUT2D eigenvalue weighted by Gasteiger charge is -2.24. The van der Waals surface area contributed by atoms with Crippen molar-refractivity contribution in [1.82, 2.24) is 0 Å². The maximum absolute atomic E-state index is 11.6. The zero-order valence-electron chi connectivity index (χ0n) is 10.7. The molecule has 0 atom stereocenters. The molecule has 0 saturated carbocycles. The van der Waals surface area contributed by atoms with Crippen LogP contribution < -0.4 is 11.1 Å². The van der Waals surface area contributed by atoms with Crippen LogP contribution in [0.15, 0.2) is 18.2 Å². The summed E-state index contributed by atoms with van der Waals surface area (Å²) in [5.41, 5.74) is 8.28. The normalized spacial score (nSPS) is 12.5. The maximum atomic E-state index is 11.6. The summed E-state index contributed by atoms with van der Waals surface area (Å²) in [5.74, 6) is 0. The summed E-state index contributed by atoms with van der Waals surface area (Å²) < 4.78 is 22.3. The van der Waals surface area contributed by atoms with E-state index in [1.165, 1.54) is 6.26 Å². The van der Waals surface area contributed by atoms with Crippen molar-refractivity contribution >= 4 is 21.2 Å². The van der Waals surface area contributed by atoms with E-state index < -0.39 is 14.6 Å². The number of aryl methyl sites for hydroxylation is 1. The average molecular weight is 256 g/mol. The van der Waals surface area contributed by atoms with Crippen LogP contribution in [0.25, 0.3) is 0 Å². The van der Waals surface area contributed by atoms with Crippen molar-refractivity contribution in [3.63, 3.8) is 0 Å².